The van der Waals surface area contributed by atoms with Crippen molar-refractivity contribution in [1.82, 2.24) is 0 Å². The maximum atomic E-state index is 11.0. The molecule has 6 nitrogen and oxygen atoms in total. The van der Waals surface area contributed by atoms with E-state index < -0.39 is 11.9 Å². The van der Waals surface area contributed by atoms with Crippen LogP contribution in [-0.2, 0) is 28.5 Å². The van der Waals surface area contributed by atoms with Gasteiger partial charge < -0.3 is 18.9 Å². The van der Waals surface area contributed by atoms with Crippen LogP contribution >= 0.6 is 0 Å². The van der Waals surface area contributed by atoms with Gasteiger partial charge in [0.1, 0.15) is 12.2 Å². The zero-order chi connectivity index (χ0) is 16.3. The third-order valence-electron chi connectivity index (χ3n) is 2.29. The van der Waals surface area contributed by atoms with Gasteiger partial charge in [0, 0.05) is 12.2 Å². The Morgan fingerprint density at radius 3 is 1.76 bits per heavy atom. The Morgan fingerprint density at radius 1 is 0.857 bits per heavy atom. The number of carbonyl (C=O) groups is 2. The first-order chi connectivity index (χ1) is 9.88. The van der Waals surface area contributed by atoms with E-state index in [1.807, 2.05) is 6.92 Å². The Bertz CT molecular complexity index is 352. The van der Waals surface area contributed by atoms with Gasteiger partial charge >= 0.3 is 11.9 Å². The second-order valence-electron chi connectivity index (χ2n) is 4.58. The van der Waals surface area contributed by atoms with Crippen molar-refractivity contribution in [2.75, 3.05) is 19.8 Å². The van der Waals surface area contributed by atoms with Crippen molar-refractivity contribution in [3.8, 4) is 0 Å². The number of hydrogen-bond donors (Lipinski definition) is 0. The molecule has 0 amide bonds. The van der Waals surface area contributed by atoms with Crippen molar-refractivity contribution in [2.45, 2.75) is 39.1 Å². The van der Waals surface area contributed by atoms with E-state index in [0.29, 0.717) is 6.61 Å². The van der Waals surface area contributed by atoms with Gasteiger partial charge in [-0.15, -0.1) is 0 Å². The van der Waals surface area contributed by atoms with Crippen LogP contribution in [0.5, 0.6) is 0 Å². The van der Waals surface area contributed by atoms with E-state index in [4.69, 9.17) is 18.9 Å². The Balaban J connectivity index is 3.73. The topological polar surface area (TPSA) is 71.1 Å². The molecule has 0 unspecified atom stereocenters. The summed E-state index contributed by atoms with van der Waals surface area (Å²) in [6.45, 7) is 12.8. The molecule has 0 heterocycles. The fraction of sp³-hybridized carbons (Fsp3) is 0.600. The SMILES string of the molecule is C=CC(=O)O[C@@H](C)COC[C@H](C)OC[C@H](C)OC(=O)C=C. The molecular weight excluding hydrogens is 276 g/mol. The van der Waals surface area contributed by atoms with Crippen LogP contribution in [0.4, 0.5) is 0 Å². The molecule has 21 heavy (non-hydrogen) atoms. The highest BCUT2D eigenvalue weighted by molar-refractivity contribution is 5.81. The molecule has 6 heteroatoms. The molecule has 0 spiro atoms. The molecular formula is C15H24O6. The first-order valence-electron chi connectivity index (χ1n) is 6.74. The second kappa shape index (κ2) is 11.0. The van der Waals surface area contributed by atoms with Gasteiger partial charge in [0.05, 0.1) is 25.9 Å². The average Bonchev–Trinajstić information content (AvgIpc) is 2.44. The molecule has 0 aliphatic rings. The van der Waals surface area contributed by atoms with E-state index >= 15 is 0 Å². The molecule has 0 aliphatic carbocycles. The minimum Gasteiger partial charge on any atom is -0.457 e. The molecule has 0 aliphatic heterocycles. The summed E-state index contributed by atoms with van der Waals surface area (Å²) in [4.78, 5) is 21.9. The summed E-state index contributed by atoms with van der Waals surface area (Å²) in [7, 11) is 0. The lowest BCUT2D eigenvalue weighted by atomic mass is 10.4. The van der Waals surface area contributed by atoms with Crippen molar-refractivity contribution in [2.24, 2.45) is 0 Å². The van der Waals surface area contributed by atoms with Crippen molar-refractivity contribution in [3.05, 3.63) is 25.3 Å². The monoisotopic (exact) mass is 300 g/mol. The van der Waals surface area contributed by atoms with Crippen LogP contribution in [0, 0.1) is 0 Å². The maximum absolute atomic E-state index is 11.0. The van der Waals surface area contributed by atoms with Gasteiger partial charge in [0.15, 0.2) is 0 Å². The van der Waals surface area contributed by atoms with Crippen molar-refractivity contribution in [1.29, 1.82) is 0 Å². The minimum atomic E-state index is -0.479. The maximum Gasteiger partial charge on any atom is 0.330 e. The predicted octanol–water partition coefficient (Wildman–Crippen LogP) is 1.64. The van der Waals surface area contributed by atoms with Crippen LogP contribution in [0.2, 0.25) is 0 Å². The van der Waals surface area contributed by atoms with E-state index in [-0.39, 0.29) is 31.5 Å². The fourth-order valence-electron chi connectivity index (χ4n) is 1.31. The van der Waals surface area contributed by atoms with Gasteiger partial charge in [-0.2, -0.15) is 0 Å². The lowest BCUT2D eigenvalue weighted by Gasteiger charge is -2.18. The average molecular weight is 300 g/mol. The molecule has 0 N–H and O–H groups in total. The highest BCUT2D eigenvalue weighted by Gasteiger charge is 2.11. The molecule has 0 fully saturated rings. The summed E-state index contributed by atoms with van der Waals surface area (Å²) in [5, 5.41) is 0. The molecule has 0 saturated heterocycles. The number of rotatable bonds is 11. The van der Waals surface area contributed by atoms with Crippen LogP contribution in [0.15, 0.2) is 25.3 Å². The van der Waals surface area contributed by atoms with Crippen LogP contribution in [-0.4, -0.2) is 50.1 Å². The molecule has 0 bridgehead atoms. The number of hydrogen-bond acceptors (Lipinski definition) is 6. The Labute approximate surface area is 125 Å². The molecule has 0 rings (SSSR count). The summed E-state index contributed by atoms with van der Waals surface area (Å²) < 4.78 is 20.8. The predicted molar refractivity (Wildman–Crippen MR) is 77.7 cm³/mol. The lowest BCUT2D eigenvalue weighted by Crippen LogP contribution is -2.26. The Kier molecular flexibility index (Phi) is 10.2. The van der Waals surface area contributed by atoms with Gasteiger partial charge in [-0.3, -0.25) is 0 Å². The Hall–Kier alpha value is -1.66. The quantitative estimate of drug-likeness (QED) is 0.427. The molecule has 0 aromatic rings. The zero-order valence-corrected chi connectivity index (χ0v) is 12.9. The summed E-state index contributed by atoms with van der Waals surface area (Å²) in [6.07, 6.45) is 1.33. The lowest BCUT2D eigenvalue weighted by molar-refractivity contribution is -0.149. The molecule has 0 saturated carbocycles. The molecule has 0 radical (unpaired) electrons. The smallest absolute Gasteiger partial charge is 0.330 e. The largest absolute Gasteiger partial charge is 0.457 e. The Morgan fingerprint density at radius 2 is 1.29 bits per heavy atom. The highest BCUT2D eigenvalue weighted by atomic mass is 16.6. The van der Waals surface area contributed by atoms with E-state index in [1.165, 1.54) is 0 Å². The summed E-state index contributed by atoms with van der Waals surface area (Å²) in [5.74, 6) is -0.957. The second-order valence-corrected chi connectivity index (χ2v) is 4.58. The van der Waals surface area contributed by atoms with E-state index in [0.717, 1.165) is 12.2 Å². The summed E-state index contributed by atoms with van der Waals surface area (Å²) >= 11 is 0. The fourth-order valence-corrected chi connectivity index (χ4v) is 1.31. The summed E-state index contributed by atoms with van der Waals surface area (Å²) in [6, 6.07) is 0. The van der Waals surface area contributed by atoms with Gasteiger partial charge in [0.25, 0.3) is 0 Å². The van der Waals surface area contributed by atoms with E-state index in [1.54, 1.807) is 13.8 Å². The van der Waals surface area contributed by atoms with Crippen molar-refractivity contribution in [3.63, 3.8) is 0 Å². The third kappa shape index (κ3) is 10.8. The van der Waals surface area contributed by atoms with Gasteiger partial charge in [-0.1, -0.05) is 13.2 Å². The first kappa shape index (κ1) is 19.3. The van der Waals surface area contributed by atoms with E-state index in [9.17, 15) is 9.59 Å². The number of esters is 2. The molecule has 0 aromatic carbocycles. The van der Waals surface area contributed by atoms with Crippen LogP contribution in [0.25, 0.3) is 0 Å². The van der Waals surface area contributed by atoms with Crippen LogP contribution in [0.1, 0.15) is 20.8 Å². The summed E-state index contributed by atoms with van der Waals surface area (Å²) in [5.41, 5.74) is 0. The normalized spacial score (nSPS) is 14.6. The van der Waals surface area contributed by atoms with E-state index in [2.05, 4.69) is 13.2 Å². The van der Waals surface area contributed by atoms with Gasteiger partial charge in [-0.25, -0.2) is 9.59 Å². The highest BCUT2D eigenvalue weighted by Crippen LogP contribution is 2.00. The molecule has 3 atom stereocenters. The number of ether oxygens (including phenoxy) is 4. The zero-order valence-electron chi connectivity index (χ0n) is 12.9. The van der Waals surface area contributed by atoms with Gasteiger partial charge in [0.2, 0.25) is 0 Å². The third-order valence-corrected chi connectivity index (χ3v) is 2.29. The first-order valence-corrected chi connectivity index (χ1v) is 6.74. The molecule has 0 aromatic heterocycles. The van der Waals surface area contributed by atoms with Crippen LogP contribution < -0.4 is 0 Å². The standard InChI is InChI=1S/C15H24O6/c1-6-14(16)20-12(4)9-18-8-11(3)19-10-13(5)21-15(17)7-2/h6-7,11-13H,1-2,8-10H2,3-5H3/t11-,12-,13-/m0/s1. The van der Waals surface area contributed by atoms with Gasteiger partial charge in [-0.05, 0) is 20.8 Å². The van der Waals surface area contributed by atoms with Crippen molar-refractivity contribution >= 4 is 11.9 Å². The molecule has 120 valence electrons. The number of carbonyl (C=O) groups excluding carboxylic acids is 2. The van der Waals surface area contributed by atoms with Crippen LogP contribution in [0.3, 0.4) is 0 Å². The minimum absolute atomic E-state index is 0.169. The van der Waals surface area contributed by atoms with Crippen molar-refractivity contribution < 1.29 is 28.5 Å².